The standard InChI is InChI=1S/C19H14ClF3N4O2S/c1-30-18-24-9-8-16(27-18)29-13-5-2-11(3-6-13)25-17(28)26-12-4-7-15(20)14(10-12)19(21,22)23/h2-10H,1H3,(H2,25,26,28). The van der Waals surface area contributed by atoms with Gasteiger partial charge in [0.2, 0.25) is 5.88 Å². The lowest BCUT2D eigenvalue weighted by Crippen LogP contribution is -2.19. The molecule has 11 heteroatoms. The Morgan fingerprint density at radius 2 is 1.73 bits per heavy atom. The number of rotatable bonds is 5. The fourth-order valence-corrected chi connectivity index (χ4v) is 2.89. The summed E-state index contributed by atoms with van der Waals surface area (Å²) >= 11 is 6.95. The highest BCUT2D eigenvalue weighted by Crippen LogP contribution is 2.36. The number of amides is 2. The van der Waals surface area contributed by atoms with Crippen molar-refractivity contribution in [3.8, 4) is 11.6 Å². The van der Waals surface area contributed by atoms with Crippen molar-refractivity contribution in [2.45, 2.75) is 11.3 Å². The predicted molar refractivity (Wildman–Crippen MR) is 109 cm³/mol. The normalized spacial score (nSPS) is 11.1. The molecule has 0 fully saturated rings. The van der Waals surface area contributed by atoms with Gasteiger partial charge in [-0.1, -0.05) is 23.4 Å². The monoisotopic (exact) mass is 454 g/mol. The van der Waals surface area contributed by atoms with Gasteiger partial charge in [-0.05, 0) is 48.7 Å². The van der Waals surface area contributed by atoms with E-state index >= 15 is 0 Å². The van der Waals surface area contributed by atoms with Gasteiger partial charge in [0.1, 0.15) is 5.75 Å². The second-order valence-corrected chi connectivity index (χ2v) is 6.96. The van der Waals surface area contributed by atoms with Crippen molar-refractivity contribution in [1.82, 2.24) is 9.97 Å². The maximum absolute atomic E-state index is 12.9. The number of nitrogens with zero attached hydrogens (tertiary/aromatic N) is 2. The zero-order valence-electron chi connectivity index (χ0n) is 15.3. The third-order valence-electron chi connectivity index (χ3n) is 3.65. The summed E-state index contributed by atoms with van der Waals surface area (Å²) in [6.45, 7) is 0. The van der Waals surface area contributed by atoms with E-state index in [4.69, 9.17) is 16.3 Å². The van der Waals surface area contributed by atoms with Crippen LogP contribution in [0.1, 0.15) is 5.56 Å². The lowest BCUT2D eigenvalue weighted by molar-refractivity contribution is -0.137. The number of urea groups is 1. The maximum atomic E-state index is 12.9. The molecule has 0 atom stereocenters. The highest BCUT2D eigenvalue weighted by molar-refractivity contribution is 7.98. The number of halogens is 4. The molecule has 0 saturated carbocycles. The van der Waals surface area contributed by atoms with Crippen LogP contribution in [0.3, 0.4) is 0 Å². The van der Waals surface area contributed by atoms with Crippen molar-refractivity contribution >= 4 is 40.8 Å². The molecule has 3 rings (SSSR count). The highest BCUT2D eigenvalue weighted by Gasteiger charge is 2.33. The van der Waals surface area contributed by atoms with Gasteiger partial charge in [0, 0.05) is 23.6 Å². The van der Waals surface area contributed by atoms with E-state index in [0.29, 0.717) is 22.5 Å². The molecule has 0 spiro atoms. The lowest BCUT2D eigenvalue weighted by Gasteiger charge is -2.12. The van der Waals surface area contributed by atoms with E-state index < -0.39 is 22.8 Å². The summed E-state index contributed by atoms with van der Waals surface area (Å²) in [5.74, 6) is 0.857. The summed E-state index contributed by atoms with van der Waals surface area (Å²) in [6.07, 6.45) is -1.20. The van der Waals surface area contributed by atoms with E-state index in [1.807, 2.05) is 6.26 Å². The number of alkyl halides is 3. The largest absolute Gasteiger partial charge is 0.439 e. The Kier molecular flexibility index (Phi) is 6.68. The second kappa shape index (κ2) is 9.23. The van der Waals surface area contributed by atoms with Crippen molar-refractivity contribution in [3.05, 3.63) is 65.3 Å². The van der Waals surface area contributed by atoms with Crippen LogP contribution in [-0.4, -0.2) is 22.3 Å². The summed E-state index contributed by atoms with van der Waals surface area (Å²) in [5, 5.41) is 4.98. The molecular weight excluding hydrogens is 441 g/mol. The van der Waals surface area contributed by atoms with Crippen LogP contribution in [0.2, 0.25) is 5.02 Å². The fourth-order valence-electron chi connectivity index (χ4n) is 2.32. The quantitative estimate of drug-likeness (QED) is 0.349. The van der Waals surface area contributed by atoms with Crippen LogP contribution in [0.4, 0.5) is 29.3 Å². The van der Waals surface area contributed by atoms with Crippen molar-refractivity contribution in [3.63, 3.8) is 0 Å². The molecule has 0 aliphatic carbocycles. The van der Waals surface area contributed by atoms with E-state index in [-0.39, 0.29) is 5.69 Å². The Morgan fingerprint density at radius 3 is 2.40 bits per heavy atom. The van der Waals surface area contributed by atoms with Crippen LogP contribution < -0.4 is 15.4 Å². The SMILES string of the molecule is CSc1nccc(Oc2ccc(NC(=O)Nc3ccc(Cl)c(C(F)(F)F)c3)cc2)n1. The van der Waals surface area contributed by atoms with Crippen molar-refractivity contribution in [2.75, 3.05) is 16.9 Å². The van der Waals surface area contributed by atoms with Crippen LogP contribution in [0, 0.1) is 0 Å². The first-order valence-corrected chi connectivity index (χ1v) is 9.94. The average Bonchev–Trinajstić information content (AvgIpc) is 2.70. The number of ether oxygens (including phenoxy) is 1. The zero-order chi connectivity index (χ0) is 21.7. The molecule has 3 aromatic rings. The van der Waals surface area contributed by atoms with Gasteiger partial charge in [-0.25, -0.2) is 9.78 Å². The summed E-state index contributed by atoms with van der Waals surface area (Å²) in [7, 11) is 0. The van der Waals surface area contributed by atoms with Crippen LogP contribution in [0.15, 0.2) is 59.9 Å². The number of hydrogen-bond acceptors (Lipinski definition) is 5. The van der Waals surface area contributed by atoms with E-state index in [1.165, 1.54) is 17.8 Å². The molecule has 30 heavy (non-hydrogen) atoms. The zero-order valence-corrected chi connectivity index (χ0v) is 16.9. The summed E-state index contributed by atoms with van der Waals surface area (Å²) < 4.78 is 44.4. The Morgan fingerprint density at radius 1 is 1.07 bits per heavy atom. The first-order chi connectivity index (χ1) is 14.2. The summed E-state index contributed by atoms with van der Waals surface area (Å²) in [6, 6.07) is 10.4. The van der Waals surface area contributed by atoms with Gasteiger partial charge in [-0.3, -0.25) is 0 Å². The van der Waals surface area contributed by atoms with Crippen molar-refractivity contribution < 1.29 is 22.7 Å². The van der Waals surface area contributed by atoms with Crippen molar-refractivity contribution in [1.29, 1.82) is 0 Å². The van der Waals surface area contributed by atoms with Crippen LogP contribution >= 0.6 is 23.4 Å². The van der Waals surface area contributed by atoms with Crippen LogP contribution in [0.5, 0.6) is 11.6 Å². The Hall–Kier alpha value is -2.98. The predicted octanol–water partition coefficient (Wildman–Crippen LogP) is 6.31. The third-order valence-corrected chi connectivity index (χ3v) is 4.55. The van der Waals surface area contributed by atoms with Crippen molar-refractivity contribution in [2.24, 2.45) is 0 Å². The second-order valence-electron chi connectivity index (χ2n) is 5.78. The Balaban J connectivity index is 1.62. The smallest absolute Gasteiger partial charge is 0.417 e. The number of nitrogens with one attached hydrogen (secondary N) is 2. The fraction of sp³-hybridized carbons (Fsp3) is 0.105. The molecular formula is C19H14ClF3N4O2S. The maximum Gasteiger partial charge on any atom is 0.417 e. The topological polar surface area (TPSA) is 76.1 Å². The molecule has 2 N–H and O–H groups in total. The molecule has 0 saturated heterocycles. The minimum Gasteiger partial charge on any atom is -0.439 e. The molecule has 0 bridgehead atoms. The van der Waals surface area contributed by atoms with Gasteiger partial charge < -0.3 is 15.4 Å². The Bertz CT molecular complexity index is 1050. The van der Waals surface area contributed by atoms with Gasteiger partial charge in [0.15, 0.2) is 5.16 Å². The first kappa shape index (κ1) is 21.7. The molecule has 0 radical (unpaired) electrons. The molecule has 1 aromatic heterocycles. The van der Waals surface area contributed by atoms with Gasteiger partial charge in [-0.15, -0.1) is 0 Å². The number of anilines is 2. The number of benzene rings is 2. The van der Waals surface area contributed by atoms with Gasteiger partial charge >= 0.3 is 12.2 Å². The molecule has 2 aromatic carbocycles. The minimum absolute atomic E-state index is 0.0439. The number of carbonyl (C=O) groups is 1. The van der Waals surface area contributed by atoms with Gasteiger partial charge in [-0.2, -0.15) is 18.2 Å². The molecule has 0 unspecified atom stereocenters. The van der Waals surface area contributed by atoms with Crippen LogP contribution in [0.25, 0.3) is 0 Å². The molecule has 0 aliphatic heterocycles. The number of hydrogen-bond donors (Lipinski definition) is 2. The number of thioether (sulfide) groups is 1. The average molecular weight is 455 g/mol. The number of carbonyl (C=O) groups excluding carboxylic acids is 1. The molecule has 6 nitrogen and oxygen atoms in total. The third kappa shape index (κ3) is 5.77. The summed E-state index contributed by atoms with van der Waals surface area (Å²) in [5.41, 5.74) is -0.660. The van der Waals surface area contributed by atoms with Gasteiger partial charge in [0.05, 0.1) is 10.6 Å². The molecule has 2 amide bonds. The van der Waals surface area contributed by atoms with E-state index in [2.05, 4.69) is 20.6 Å². The van der Waals surface area contributed by atoms with Gasteiger partial charge in [0.25, 0.3) is 0 Å². The van der Waals surface area contributed by atoms with E-state index in [1.54, 1.807) is 36.5 Å². The molecule has 1 heterocycles. The Labute approximate surface area is 178 Å². The van der Waals surface area contributed by atoms with E-state index in [0.717, 1.165) is 12.1 Å². The van der Waals surface area contributed by atoms with E-state index in [9.17, 15) is 18.0 Å². The first-order valence-electron chi connectivity index (χ1n) is 8.34. The molecule has 0 aliphatic rings. The number of aromatic nitrogens is 2. The lowest BCUT2D eigenvalue weighted by atomic mass is 10.2. The minimum atomic E-state index is -4.62. The summed E-state index contributed by atoms with van der Waals surface area (Å²) in [4.78, 5) is 20.3. The highest BCUT2D eigenvalue weighted by atomic mass is 35.5. The van der Waals surface area contributed by atoms with Crippen LogP contribution in [-0.2, 0) is 6.18 Å². The molecule has 156 valence electrons.